The first-order chi connectivity index (χ1) is 4.43. The summed E-state index contributed by atoms with van der Waals surface area (Å²) >= 11 is 0. The molecule has 48 valence electrons. The number of halogens is 1. The van der Waals surface area contributed by atoms with Crippen molar-refractivity contribution in [2.45, 2.75) is 6.16 Å². The maximum Gasteiger partial charge on any atom is 0.0715 e. The minimum Gasteiger partial charge on any atom is -0.230 e. The fourth-order valence-corrected chi connectivity index (χ4v) is 1.06. The molecule has 1 unspecified atom stereocenters. The number of hydrogen-bond acceptors (Lipinski definition) is 0. The zero-order chi connectivity index (χ0) is 6.53. The zero-order valence-electron chi connectivity index (χ0n) is 4.97. The van der Waals surface area contributed by atoms with Crippen LogP contribution in [0, 0.1) is 0 Å². The Labute approximate surface area is 56.0 Å². The summed E-state index contributed by atoms with van der Waals surface area (Å²) in [6.45, 7) is 0. The lowest BCUT2D eigenvalue weighted by Gasteiger charge is -1.91. The van der Waals surface area contributed by atoms with Crippen LogP contribution in [0.5, 0.6) is 0 Å². The van der Waals surface area contributed by atoms with E-state index in [4.69, 9.17) is 0 Å². The van der Waals surface area contributed by atoms with E-state index < -0.39 is 8.89 Å². The molecule has 0 saturated heterocycles. The summed E-state index contributed by atoms with van der Waals surface area (Å²) in [6.07, 6.45) is 0.570. The van der Waals surface area contributed by atoms with Gasteiger partial charge in [-0.1, -0.05) is 30.3 Å². The molecule has 2 heteroatoms. The lowest BCUT2D eigenvalue weighted by Crippen LogP contribution is -1.72. The zero-order valence-corrected chi connectivity index (χ0v) is 5.97. The van der Waals surface area contributed by atoms with Crippen LogP contribution in [-0.2, 0) is 6.16 Å². The molecular formula is C7H8FP. The van der Waals surface area contributed by atoms with E-state index in [2.05, 4.69) is 0 Å². The van der Waals surface area contributed by atoms with E-state index in [9.17, 15) is 4.20 Å². The Morgan fingerprint density at radius 2 is 1.89 bits per heavy atom. The largest absolute Gasteiger partial charge is 0.230 e. The average Bonchev–Trinajstić information content (AvgIpc) is 1.91. The number of benzene rings is 1. The Kier molecular flexibility index (Phi) is 2.66. The molecule has 0 fully saturated rings. The van der Waals surface area contributed by atoms with Crippen LogP contribution in [0.25, 0.3) is 0 Å². The molecule has 1 aromatic rings. The number of hydrogen-bond donors (Lipinski definition) is 0. The molecular weight excluding hydrogens is 134 g/mol. The van der Waals surface area contributed by atoms with Gasteiger partial charge in [-0.15, -0.1) is 0 Å². The van der Waals surface area contributed by atoms with E-state index in [1.165, 1.54) is 0 Å². The van der Waals surface area contributed by atoms with Crippen LogP contribution < -0.4 is 0 Å². The van der Waals surface area contributed by atoms with Gasteiger partial charge in [0.25, 0.3) is 0 Å². The molecule has 0 amide bonds. The second-order valence-electron chi connectivity index (χ2n) is 1.80. The molecule has 0 nitrogen and oxygen atoms in total. The van der Waals surface area contributed by atoms with Crippen molar-refractivity contribution in [1.82, 2.24) is 0 Å². The summed E-state index contributed by atoms with van der Waals surface area (Å²) in [5, 5.41) is 0. The minimum atomic E-state index is -0.465. The van der Waals surface area contributed by atoms with E-state index in [0.717, 1.165) is 5.56 Å². The van der Waals surface area contributed by atoms with Gasteiger partial charge in [0.1, 0.15) is 0 Å². The normalized spacial score (nSPS) is 10.8. The summed E-state index contributed by atoms with van der Waals surface area (Å²) in [5.74, 6) is 0. The van der Waals surface area contributed by atoms with Gasteiger partial charge < -0.3 is 0 Å². The summed E-state index contributed by atoms with van der Waals surface area (Å²) in [6, 6.07) is 9.66. The molecule has 0 saturated carbocycles. The molecule has 9 heavy (non-hydrogen) atoms. The fraction of sp³-hybridized carbons (Fsp3) is 0.143. The van der Waals surface area contributed by atoms with Crippen LogP contribution in [0.2, 0.25) is 0 Å². The molecule has 0 aliphatic rings. The molecule has 1 aromatic carbocycles. The van der Waals surface area contributed by atoms with E-state index >= 15 is 0 Å². The highest BCUT2D eigenvalue weighted by atomic mass is 31.1. The van der Waals surface area contributed by atoms with Gasteiger partial charge in [0, 0.05) is 6.16 Å². The molecule has 0 aliphatic heterocycles. The van der Waals surface area contributed by atoms with Crippen LogP contribution in [-0.4, -0.2) is 0 Å². The molecule has 0 aromatic heterocycles. The first-order valence-electron chi connectivity index (χ1n) is 2.81. The second-order valence-corrected chi connectivity index (χ2v) is 2.42. The molecule has 0 bridgehead atoms. The fourth-order valence-electron chi connectivity index (χ4n) is 0.673. The lowest BCUT2D eigenvalue weighted by molar-refractivity contribution is 0.911. The van der Waals surface area contributed by atoms with Crippen LogP contribution in [0.3, 0.4) is 0 Å². The van der Waals surface area contributed by atoms with Gasteiger partial charge in [0.05, 0.1) is 8.89 Å². The third-order valence-corrected chi connectivity index (χ3v) is 1.66. The Balaban J connectivity index is 2.61. The predicted octanol–water partition coefficient (Wildman–Crippen LogP) is 2.75. The Morgan fingerprint density at radius 1 is 1.22 bits per heavy atom. The van der Waals surface area contributed by atoms with E-state index in [1.54, 1.807) is 0 Å². The summed E-state index contributed by atoms with van der Waals surface area (Å²) in [5.41, 5.74) is 1.08. The van der Waals surface area contributed by atoms with E-state index in [0.29, 0.717) is 6.16 Å². The van der Waals surface area contributed by atoms with Gasteiger partial charge in [-0.2, -0.15) is 0 Å². The van der Waals surface area contributed by atoms with Crippen molar-refractivity contribution in [2.24, 2.45) is 0 Å². The summed E-state index contributed by atoms with van der Waals surface area (Å²) in [4.78, 5) is 0. The van der Waals surface area contributed by atoms with Crippen LogP contribution in [0.15, 0.2) is 30.3 Å². The first-order valence-corrected chi connectivity index (χ1v) is 3.89. The van der Waals surface area contributed by atoms with Crippen molar-refractivity contribution in [3.63, 3.8) is 0 Å². The van der Waals surface area contributed by atoms with Crippen molar-refractivity contribution >= 4 is 8.89 Å². The van der Waals surface area contributed by atoms with Gasteiger partial charge >= 0.3 is 0 Å². The summed E-state index contributed by atoms with van der Waals surface area (Å²) in [7, 11) is -0.465. The van der Waals surface area contributed by atoms with Crippen molar-refractivity contribution < 1.29 is 4.20 Å². The van der Waals surface area contributed by atoms with Crippen LogP contribution >= 0.6 is 8.89 Å². The summed E-state index contributed by atoms with van der Waals surface area (Å²) < 4.78 is 11.7. The van der Waals surface area contributed by atoms with E-state index in [1.807, 2.05) is 30.3 Å². The van der Waals surface area contributed by atoms with Crippen molar-refractivity contribution in [1.29, 1.82) is 0 Å². The Morgan fingerprint density at radius 3 is 2.44 bits per heavy atom. The molecule has 0 N–H and O–H groups in total. The monoisotopic (exact) mass is 142 g/mol. The average molecular weight is 142 g/mol. The molecule has 0 aliphatic carbocycles. The molecule has 0 spiro atoms. The van der Waals surface area contributed by atoms with Gasteiger partial charge in [-0.3, -0.25) is 0 Å². The standard InChI is InChI=1S/C7H8FP/c8-9-6-7-4-2-1-3-5-7/h1-5,9H,6H2. The highest BCUT2D eigenvalue weighted by molar-refractivity contribution is 7.30. The third kappa shape index (κ3) is 2.11. The molecule has 0 heterocycles. The second kappa shape index (κ2) is 3.58. The van der Waals surface area contributed by atoms with Gasteiger partial charge in [-0.25, -0.2) is 4.20 Å². The van der Waals surface area contributed by atoms with Crippen LogP contribution in [0.1, 0.15) is 5.56 Å². The van der Waals surface area contributed by atoms with Crippen molar-refractivity contribution in [3.8, 4) is 0 Å². The van der Waals surface area contributed by atoms with E-state index in [-0.39, 0.29) is 0 Å². The quantitative estimate of drug-likeness (QED) is 0.557. The Hall–Kier alpha value is -0.420. The lowest BCUT2D eigenvalue weighted by atomic mass is 10.2. The maximum absolute atomic E-state index is 11.7. The Bertz CT molecular complexity index is 162. The third-order valence-electron chi connectivity index (χ3n) is 1.11. The number of rotatable bonds is 2. The van der Waals surface area contributed by atoms with Crippen molar-refractivity contribution in [3.05, 3.63) is 35.9 Å². The van der Waals surface area contributed by atoms with Gasteiger partial charge in [0.2, 0.25) is 0 Å². The maximum atomic E-state index is 11.7. The topological polar surface area (TPSA) is 0 Å². The SMILES string of the molecule is FPCc1ccccc1. The highest BCUT2D eigenvalue weighted by Crippen LogP contribution is 2.17. The van der Waals surface area contributed by atoms with Crippen LogP contribution in [0.4, 0.5) is 4.20 Å². The highest BCUT2D eigenvalue weighted by Gasteiger charge is 1.86. The molecule has 0 radical (unpaired) electrons. The predicted molar refractivity (Wildman–Crippen MR) is 39.6 cm³/mol. The minimum absolute atomic E-state index is 0.465. The molecule has 1 atom stereocenters. The molecule has 1 rings (SSSR count). The van der Waals surface area contributed by atoms with Gasteiger partial charge in [-0.05, 0) is 5.56 Å². The van der Waals surface area contributed by atoms with Gasteiger partial charge in [0.15, 0.2) is 0 Å². The smallest absolute Gasteiger partial charge is 0.0715 e. The first kappa shape index (κ1) is 6.70. The van der Waals surface area contributed by atoms with Crippen molar-refractivity contribution in [2.75, 3.05) is 0 Å².